The molecule has 0 fully saturated rings. The van der Waals surface area contributed by atoms with E-state index in [0.29, 0.717) is 0 Å². The monoisotopic (exact) mass is 190 g/mol. The second-order valence-electron chi connectivity index (χ2n) is 4.30. The van der Waals surface area contributed by atoms with Crippen molar-refractivity contribution in [1.29, 1.82) is 0 Å². The Morgan fingerprint density at radius 3 is 3.00 bits per heavy atom. The molecule has 0 amide bonds. The molecule has 2 N–H and O–H groups in total. The first-order valence-electron chi connectivity index (χ1n) is 4.65. The maximum absolute atomic E-state index is 5.96. The van der Waals surface area contributed by atoms with Crippen LogP contribution in [0.3, 0.4) is 0 Å². The van der Waals surface area contributed by atoms with Crippen molar-refractivity contribution in [2.45, 2.75) is 25.8 Å². The lowest BCUT2D eigenvalue weighted by molar-refractivity contribution is 0.511. The van der Waals surface area contributed by atoms with Crippen molar-refractivity contribution in [1.82, 2.24) is 4.98 Å². The van der Waals surface area contributed by atoms with Gasteiger partial charge in [0.1, 0.15) is 0 Å². The van der Waals surface area contributed by atoms with Crippen molar-refractivity contribution < 1.29 is 4.42 Å². The summed E-state index contributed by atoms with van der Waals surface area (Å²) in [7, 11) is 0. The van der Waals surface area contributed by atoms with Crippen LogP contribution < -0.4 is 5.73 Å². The van der Waals surface area contributed by atoms with Gasteiger partial charge >= 0.3 is 0 Å². The summed E-state index contributed by atoms with van der Waals surface area (Å²) in [6, 6.07) is 1.96. The Hall–Kier alpha value is -1.35. The van der Waals surface area contributed by atoms with Crippen molar-refractivity contribution in [3.8, 4) is 0 Å². The summed E-state index contributed by atoms with van der Waals surface area (Å²) in [4.78, 5) is 4.00. The number of furan rings is 1. The predicted molar refractivity (Wildman–Crippen MR) is 56.0 cm³/mol. The number of aromatic nitrogens is 1. The van der Waals surface area contributed by atoms with E-state index in [1.54, 1.807) is 18.7 Å². The van der Waals surface area contributed by atoms with Gasteiger partial charge < -0.3 is 10.2 Å². The first-order chi connectivity index (χ1) is 6.56. The Morgan fingerprint density at radius 1 is 1.50 bits per heavy atom. The lowest BCUT2D eigenvalue weighted by Gasteiger charge is -2.16. The van der Waals surface area contributed by atoms with Gasteiger partial charge in [-0.05, 0) is 26.3 Å². The van der Waals surface area contributed by atoms with Crippen LogP contribution in [0, 0.1) is 0 Å². The molecule has 0 aliphatic rings. The molecule has 0 unspecified atom stereocenters. The van der Waals surface area contributed by atoms with Crippen LogP contribution in [0.4, 0.5) is 0 Å². The molecule has 2 aromatic rings. The molecule has 0 aliphatic heterocycles. The van der Waals surface area contributed by atoms with E-state index >= 15 is 0 Å². The Kier molecular flexibility index (Phi) is 2.04. The highest BCUT2D eigenvalue weighted by Crippen LogP contribution is 2.22. The van der Waals surface area contributed by atoms with Crippen LogP contribution in [-0.4, -0.2) is 10.5 Å². The van der Waals surface area contributed by atoms with Crippen LogP contribution in [0.1, 0.15) is 19.4 Å². The average Bonchev–Trinajstić information content (AvgIpc) is 2.47. The predicted octanol–water partition coefficient (Wildman–Crippen LogP) is 2.11. The first-order valence-corrected chi connectivity index (χ1v) is 4.65. The van der Waals surface area contributed by atoms with E-state index in [0.717, 1.165) is 23.0 Å². The molecular formula is C11H14N2O. The molecule has 2 heterocycles. The van der Waals surface area contributed by atoms with Crippen molar-refractivity contribution in [2.24, 2.45) is 5.73 Å². The number of fused-ring (bicyclic) bond motifs is 1. The highest BCUT2D eigenvalue weighted by molar-refractivity contribution is 5.79. The lowest BCUT2D eigenvalue weighted by atomic mass is 9.96. The fourth-order valence-electron chi connectivity index (χ4n) is 1.57. The largest absolute Gasteiger partial charge is 0.462 e. The summed E-state index contributed by atoms with van der Waals surface area (Å²) < 4.78 is 5.38. The lowest BCUT2D eigenvalue weighted by Crippen LogP contribution is -2.34. The molecule has 0 saturated heterocycles. The Morgan fingerprint density at radius 2 is 2.29 bits per heavy atom. The molecule has 3 heteroatoms. The topological polar surface area (TPSA) is 52.0 Å². The van der Waals surface area contributed by atoms with Crippen LogP contribution in [-0.2, 0) is 6.42 Å². The van der Waals surface area contributed by atoms with E-state index in [1.165, 1.54) is 0 Å². The van der Waals surface area contributed by atoms with Gasteiger partial charge in [0.2, 0.25) is 0 Å². The molecule has 0 atom stereocenters. The average molecular weight is 190 g/mol. The fraction of sp³-hybridized carbons (Fsp3) is 0.364. The number of nitrogens with zero attached hydrogens (tertiary/aromatic N) is 1. The van der Waals surface area contributed by atoms with Gasteiger partial charge in [-0.2, -0.15) is 0 Å². The number of hydrogen-bond donors (Lipinski definition) is 1. The standard InChI is InChI=1S/C11H14N2O/c1-11(2,12)5-8-7-14-10-6-13-4-3-9(8)10/h3-4,6-7H,5,12H2,1-2H3. The summed E-state index contributed by atoms with van der Waals surface area (Å²) in [5, 5.41) is 1.11. The van der Waals surface area contributed by atoms with Crippen molar-refractivity contribution in [3.05, 3.63) is 30.3 Å². The van der Waals surface area contributed by atoms with Gasteiger partial charge in [-0.25, -0.2) is 0 Å². The SMILES string of the molecule is CC(C)(N)Cc1coc2cnccc12. The fourth-order valence-corrected chi connectivity index (χ4v) is 1.57. The number of hydrogen-bond acceptors (Lipinski definition) is 3. The van der Waals surface area contributed by atoms with E-state index in [4.69, 9.17) is 10.2 Å². The minimum absolute atomic E-state index is 0.208. The van der Waals surface area contributed by atoms with Crippen molar-refractivity contribution in [3.63, 3.8) is 0 Å². The summed E-state index contributed by atoms with van der Waals surface area (Å²) in [5.74, 6) is 0. The molecule has 2 aromatic heterocycles. The Balaban J connectivity index is 2.44. The second-order valence-corrected chi connectivity index (χ2v) is 4.30. The van der Waals surface area contributed by atoms with Gasteiger partial charge in [0.05, 0.1) is 12.5 Å². The van der Waals surface area contributed by atoms with E-state index in [2.05, 4.69) is 4.98 Å². The molecule has 2 rings (SSSR count). The number of pyridine rings is 1. The second kappa shape index (κ2) is 3.10. The molecule has 0 bridgehead atoms. The zero-order chi connectivity index (χ0) is 10.2. The van der Waals surface area contributed by atoms with Crippen LogP contribution in [0.15, 0.2) is 29.1 Å². The zero-order valence-corrected chi connectivity index (χ0v) is 8.45. The van der Waals surface area contributed by atoms with Crippen LogP contribution in [0.2, 0.25) is 0 Å². The molecule has 0 aromatic carbocycles. The molecule has 0 spiro atoms. The smallest absolute Gasteiger partial charge is 0.152 e. The Bertz CT molecular complexity index is 440. The molecule has 3 nitrogen and oxygen atoms in total. The number of nitrogens with two attached hydrogens (primary N) is 1. The van der Waals surface area contributed by atoms with Gasteiger partial charge in [-0.15, -0.1) is 0 Å². The third kappa shape index (κ3) is 1.77. The van der Waals surface area contributed by atoms with Gasteiger partial charge in [-0.3, -0.25) is 4.98 Å². The minimum Gasteiger partial charge on any atom is -0.462 e. The van der Waals surface area contributed by atoms with E-state index in [9.17, 15) is 0 Å². The minimum atomic E-state index is -0.208. The first kappa shape index (κ1) is 9.21. The molecule has 0 aliphatic carbocycles. The van der Waals surface area contributed by atoms with Crippen LogP contribution in [0.5, 0.6) is 0 Å². The zero-order valence-electron chi connectivity index (χ0n) is 8.45. The molecule has 14 heavy (non-hydrogen) atoms. The third-order valence-corrected chi connectivity index (χ3v) is 2.10. The normalized spacial score (nSPS) is 12.2. The van der Waals surface area contributed by atoms with Gasteiger partial charge in [0.25, 0.3) is 0 Å². The summed E-state index contributed by atoms with van der Waals surface area (Å²) in [6.07, 6.45) is 6.07. The van der Waals surface area contributed by atoms with Gasteiger partial charge in [-0.1, -0.05) is 0 Å². The highest BCUT2D eigenvalue weighted by atomic mass is 16.3. The van der Waals surface area contributed by atoms with Gasteiger partial charge in [0.15, 0.2) is 5.58 Å². The van der Waals surface area contributed by atoms with Crippen LogP contribution >= 0.6 is 0 Å². The summed E-state index contributed by atoms with van der Waals surface area (Å²) >= 11 is 0. The highest BCUT2D eigenvalue weighted by Gasteiger charge is 2.15. The summed E-state index contributed by atoms with van der Waals surface area (Å²) in [6.45, 7) is 4.01. The maximum atomic E-state index is 5.96. The molecular weight excluding hydrogens is 176 g/mol. The van der Waals surface area contributed by atoms with Crippen molar-refractivity contribution in [2.75, 3.05) is 0 Å². The summed E-state index contributed by atoms with van der Waals surface area (Å²) in [5.41, 5.74) is 7.73. The van der Waals surface area contributed by atoms with E-state index < -0.39 is 0 Å². The molecule has 0 radical (unpaired) electrons. The quantitative estimate of drug-likeness (QED) is 0.789. The van der Waals surface area contributed by atoms with Gasteiger partial charge in [0, 0.05) is 22.7 Å². The Labute approximate surface area is 82.9 Å². The molecule has 0 saturated carbocycles. The maximum Gasteiger partial charge on any atom is 0.152 e. The molecule has 74 valence electrons. The number of rotatable bonds is 2. The van der Waals surface area contributed by atoms with E-state index in [-0.39, 0.29) is 5.54 Å². The van der Waals surface area contributed by atoms with Crippen LogP contribution in [0.25, 0.3) is 11.0 Å². The van der Waals surface area contributed by atoms with E-state index in [1.807, 2.05) is 19.9 Å². The third-order valence-electron chi connectivity index (χ3n) is 2.10. The van der Waals surface area contributed by atoms with Crippen molar-refractivity contribution >= 4 is 11.0 Å².